The van der Waals surface area contributed by atoms with Crippen molar-refractivity contribution in [2.45, 2.75) is 24.3 Å². The van der Waals surface area contributed by atoms with Crippen LogP contribution in [-0.2, 0) is 22.2 Å². The van der Waals surface area contributed by atoms with Crippen LogP contribution in [-0.4, -0.2) is 33.5 Å². The van der Waals surface area contributed by atoms with Crippen molar-refractivity contribution in [2.75, 3.05) is 5.75 Å². The predicted octanol–water partition coefficient (Wildman–Crippen LogP) is 4.84. The van der Waals surface area contributed by atoms with Crippen LogP contribution in [0.25, 0.3) is 26.7 Å². The zero-order valence-corrected chi connectivity index (χ0v) is 16.9. The van der Waals surface area contributed by atoms with Crippen LogP contribution < -0.4 is 0 Å². The van der Waals surface area contributed by atoms with Crippen molar-refractivity contribution in [3.05, 3.63) is 41.7 Å². The second-order valence-corrected chi connectivity index (χ2v) is 9.55. The number of rotatable bonds is 3. The number of thiazole rings is 1. The number of aromatic nitrogens is 4. The minimum absolute atomic E-state index is 0.0777. The molecule has 4 heterocycles. The topological polar surface area (TPSA) is 77.2 Å². The highest BCUT2D eigenvalue weighted by molar-refractivity contribution is 7.91. The van der Waals surface area contributed by atoms with Crippen LogP contribution in [0.15, 0.2) is 35.6 Å². The van der Waals surface area contributed by atoms with Crippen LogP contribution in [0.4, 0.5) is 26.3 Å². The predicted molar refractivity (Wildman–Crippen MR) is 99.3 cm³/mol. The molecule has 6 nitrogen and oxygen atoms in total. The molecule has 4 aromatic heterocycles. The molecule has 0 unspecified atom stereocenters. The average molecular weight is 480 g/mol. The molecule has 0 fully saturated rings. The van der Waals surface area contributed by atoms with Gasteiger partial charge in [0.15, 0.2) is 14.9 Å². The minimum atomic E-state index is -4.68. The fourth-order valence-electron chi connectivity index (χ4n) is 2.85. The average Bonchev–Trinajstić information content (AvgIpc) is 3.26. The molecule has 0 atom stereocenters. The molecule has 0 aliphatic carbocycles. The molecule has 4 rings (SSSR count). The first-order chi connectivity index (χ1) is 14.3. The van der Waals surface area contributed by atoms with Crippen molar-refractivity contribution in [1.29, 1.82) is 0 Å². The molecule has 0 aliphatic heterocycles. The molecule has 0 N–H and O–H groups in total. The summed E-state index contributed by atoms with van der Waals surface area (Å²) in [6.07, 6.45) is -7.78. The fraction of sp³-hybridized carbons (Fsp3) is 0.235. The van der Waals surface area contributed by atoms with E-state index in [4.69, 9.17) is 0 Å². The van der Waals surface area contributed by atoms with Crippen LogP contribution >= 0.6 is 11.3 Å². The zero-order chi connectivity index (χ0) is 22.8. The summed E-state index contributed by atoms with van der Waals surface area (Å²) in [5.74, 6) is -0.379. The number of hydrogen-bond donors (Lipinski definition) is 0. The maximum absolute atomic E-state index is 13.1. The second kappa shape index (κ2) is 6.88. The first kappa shape index (κ1) is 21.5. The molecule has 14 heteroatoms. The summed E-state index contributed by atoms with van der Waals surface area (Å²) in [6.45, 7) is 1.35. The van der Waals surface area contributed by atoms with Crippen molar-refractivity contribution < 1.29 is 34.8 Å². The van der Waals surface area contributed by atoms with Gasteiger partial charge in [-0.05, 0) is 18.2 Å². The monoisotopic (exact) mass is 480 g/mol. The van der Waals surface area contributed by atoms with Gasteiger partial charge in [0.2, 0.25) is 0 Å². The summed E-state index contributed by atoms with van der Waals surface area (Å²) in [4.78, 5) is 11.8. The number of fused-ring (bicyclic) bond motifs is 2. The third-order valence-corrected chi connectivity index (χ3v) is 7.09. The highest BCUT2D eigenvalue weighted by Gasteiger charge is 2.34. The Kier molecular flexibility index (Phi) is 4.77. The zero-order valence-electron chi connectivity index (χ0n) is 15.3. The van der Waals surface area contributed by atoms with E-state index in [0.717, 1.165) is 28.0 Å². The number of halogens is 6. The first-order valence-electron chi connectivity index (χ1n) is 8.47. The SMILES string of the molecule is CCS(=O)(=O)c1c(-c2nc3cc(C(F)(F)F)cnc3s2)nc2cc(C(F)(F)F)ccn12. The summed E-state index contributed by atoms with van der Waals surface area (Å²) in [6, 6.07) is 2.15. The quantitative estimate of drug-likeness (QED) is 0.393. The Morgan fingerprint density at radius 3 is 2.32 bits per heavy atom. The Morgan fingerprint density at radius 1 is 1.03 bits per heavy atom. The molecule has 0 spiro atoms. The molecule has 0 saturated carbocycles. The molecule has 0 aliphatic rings. The largest absolute Gasteiger partial charge is 0.417 e. The van der Waals surface area contributed by atoms with E-state index in [0.29, 0.717) is 18.3 Å². The number of alkyl halides is 6. The molecule has 4 aromatic rings. The summed E-state index contributed by atoms with van der Waals surface area (Å²) in [7, 11) is -3.99. The van der Waals surface area contributed by atoms with Crippen LogP contribution in [0.5, 0.6) is 0 Å². The molecule has 0 saturated heterocycles. The van der Waals surface area contributed by atoms with E-state index < -0.39 is 38.3 Å². The Hall–Kier alpha value is -2.74. The molecule has 0 aromatic carbocycles. The highest BCUT2D eigenvalue weighted by Crippen LogP contribution is 2.37. The first-order valence-corrected chi connectivity index (χ1v) is 10.9. The van der Waals surface area contributed by atoms with Gasteiger partial charge in [-0.1, -0.05) is 18.3 Å². The van der Waals surface area contributed by atoms with E-state index >= 15 is 0 Å². The van der Waals surface area contributed by atoms with Gasteiger partial charge in [0.05, 0.1) is 16.9 Å². The lowest BCUT2D eigenvalue weighted by molar-refractivity contribution is -0.138. The molecule has 31 heavy (non-hydrogen) atoms. The lowest BCUT2D eigenvalue weighted by atomic mass is 10.2. The van der Waals surface area contributed by atoms with E-state index in [9.17, 15) is 34.8 Å². The Morgan fingerprint density at radius 2 is 1.71 bits per heavy atom. The van der Waals surface area contributed by atoms with E-state index in [2.05, 4.69) is 15.0 Å². The van der Waals surface area contributed by atoms with Gasteiger partial charge in [0.1, 0.15) is 26.7 Å². The third-order valence-electron chi connectivity index (χ3n) is 4.36. The van der Waals surface area contributed by atoms with Crippen LogP contribution in [0.2, 0.25) is 0 Å². The fourth-order valence-corrected chi connectivity index (χ4v) is 4.96. The van der Waals surface area contributed by atoms with E-state index in [1.165, 1.54) is 6.92 Å². The molecular weight excluding hydrogens is 470 g/mol. The van der Waals surface area contributed by atoms with Gasteiger partial charge in [0.25, 0.3) is 0 Å². The third kappa shape index (κ3) is 3.73. The number of pyridine rings is 2. The van der Waals surface area contributed by atoms with Gasteiger partial charge in [0, 0.05) is 12.4 Å². The van der Waals surface area contributed by atoms with Gasteiger partial charge in [-0.15, -0.1) is 0 Å². The molecule has 0 amide bonds. The number of hydrogen-bond acceptors (Lipinski definition) is 6. The maximum Gasteiger partial charge on any atom is 0.417 e. The molecule has 0 bridgehead atoms. The van der Waals surface area contributed by atoms with Gasteiger partial charge in [-0.25, -0.2) is 23.4 Å². The van der Waals surface area contributed by atoms with Crippen molar-refractivity contribution in [2.24, 2.45) is 0 Å². The molecular formula is C17H10F6N4O2S2. The van der Waals surface area contributed by atoms with Crippen molar-refractivity contribution in [3.8, 4) is 10.7 Å². The summed E-state index contributed by atoms with van der Waals surface area (Å²) >= 11 is 0.783. The number of sulfone groups is 1. The number of imidazole rings is 1. The number of nitrogens with zero attached hydrogens (tertiary/aromatic N) is 4. The summed E-state index contributed by atoms with van der Waals surface area (Å²) < 4.78 is 104. The van der Waals surface area contributed by atoms with Gasteiger partial charge in [-0.3, -0.25) is 4.40 Å². The van der Waals surface area contributed by atoms with E-state index in [1.807, 2.05) is 0 Å². The summed E-state index contributed by atoms with van der Waals surface area (Å²) in [5, 5.41) is -0.472. The maximum atomic E-state index is 13.1. The van der Waals surface area contributed by atoms with Gasteiger partial charge in [-0.2, -0.15) is 26.3 Å². The summed E-state index contributed by atoms with van der Waals surface area (Å²) in [5.41, 5.74) is -2.75. The lowest BCUT2D eigenvalue weighted by Crippen LogP contribution is -2.10. The molecule has 0 radical (unpaired) electrons. The standard InChI is InChI=1S/C17H10F6N4O2S2/c1-2-31(28,29)15-12(26-11-6-8(16(18,19)20)3-4-27(11)15)14-25-10-5-9(17(21,22)23)7-24-13(10)30-14/h3-7H,2H2,1H3. The van der Waals surface area contributed by atoms with Crippen LogP contribution in [0, 0.1) is 0 Å². The van der Waals surface area contributed by atoms with E-state index in [-0.39, 0.29) is 32.4 Å². The van der Waals surface area contributed by atoms with E-state index in [1.54, 1.807) is 0 Å². The second-order valence-electron chi connectivity index (χ2n) is 6.38. The van der Waals surface area contributed by atoms with Crippen LogP contribution in [0.3, 0.4) is 0 Å². The normalized spacial score (nSPS) is 13.4. The van der Waals surface area contributed by atoms with Crippen molar-refractivity contribution in [1.82, 2.24) is 19.4 Å². The Bertz CT molecular complexity index is 1420. The van der Waals surface area contributed by atoms with Crippen molar-refractivity contribution in [3.63, 3.8) is 0 Å². The minimum Gasteiger partial charge on any atom is -0.290 e. The van der Waals surface area contributed by atoms with Gasteiger partial charge < -0.3 is 0 Å². The Balaban J connectivity index is 1.99. The highest BCUT2D eigenvalue weighted by atomic mass is 32.2. The Labute approximate surface area is 174 Å². The van der Waals surface area contributed by atoms with Gasteiger partial charge >= 0.3 is 12.4 Å². The van der Waals surface area contributed by atoms with Crippen molar-refractivity contribution >= 4 is 37.2 Å². The van der Waals surface area contributed by atoms with Crippen LogP contribution in [0.1, 0.15) is 18.1 Å². The lowest BCUT2D eigenvalue weighted by Gasteiger charge is -2.07. The smallest absolute Gasteiger partial charge is 0.290 e. The molecule has 164 valence electrons.